The number of carbonyl (C=O) groups is 2. The molecule has 5 nitrogen and oxygen atoms in total. The molecule has 16 heavy (non-hydrogen) atoms. The van der Waals surface area contributed by atoms with Crippen molar-refractivity contribution in [2.24, 2.45) is 0 Å². The molecular formula is C11H18N2O3. The van der Waals surface area contributed by atoms with Crippen LogP contribution in [-0.4, -0.2) is 58.5 Å². The second-order valence-corrected chi connectivity index (χ2v) is 4.76. The summed E-state index contributed by atoms with van der Waals surface area (Å²) in [7, 11) is 0. The van der Waals surface area contributed by atoms with Gasteiger partial charge in [-0.25, -0.2) is 4.79 Å². The predicted molar refractivity (Wildman–Crippen MR) is 58.0 cm³/mol. The lowest BCUT2D eigenvalue weighted by Crippen LogP contribution is -2.61. The van der Waals surface area contributed by atoms with Crippen molar-refractivity contribution >= 4 is 11.9 Å². The Bertz CT molecular complexity index is 306. The second kappa shape index (κ2) is 4.41. The van der Waals surface area contributed by atoms with Crippen LogP contribution in [0.5, 0.6) is 0 Å². The summed E-state index contributed by atoms with van der Waals surface area (Å²) in [5.74, 6) is -2.09. The lowest BCUT2D eigenvalue weighted by Gasteiger charge is -2.46. The number of carboxylic acid groups (broad SMARTS) is 1. The van der Waals surface area contributed by atoms with E-state index in [9.17, 15) is 9.59 Å². The van der Waals surface area contributed by atoms with Gasteiger partial charge in [-0.3, -0.25) is 9.69 Å². The molecule has 0 bridgehead atoms. The van der Waals surface area contributed by atoms with Crippen LogP contribution in [0.4, 0.5) is 0 Å². The average Bonchev–Trinajstić information content (AvgIpc) is 2.27. The van der Waals surface area contributed by atoms with Crippen molar-refractivity contribution < 1.29 is 14.7 Å². The van der Waals surface area contributed by atoms with Crippen LogP contribution < -0.4 is 0 Å². The van der Waals surface area contributed by atoms with Gasteiger partial charge in [0.1, 0.15) is 0 Å². The van der Waals surface area contributed by atoms with E-state index in [1.165, 1.54) is 17.7 Å². The van der Waals surface area contributed by atoms with Gasteiger partial charge in [0.15, 0.2) is 0 Å². The third kappa shape index (κ3) is 2.04. The molecule has 2 fully saturated rings. The maximum absolute atomic E-state index is 11.5. The lowest BCUT2D eigenvalue weighted by atomic mass is 9.97. The summed E-state index contributed by atoms with van der Waals surface area (Å²) in [4.78, 5) is 26.1. The van der Waals surface area contributed by atoms with Gasteiger partial charge in [0.25, 0.3) is 0 Å². The van der Waals surface area contributed by atoms with Crippen LogP contribution in [-0.2, 0) is 9.59 Å². The van der Waals surface area contributed by atoms with E-state index in [-0.39, 0.29) is 6.04 Å². The Morgan fingerprint density at radius 2 is 2.00 bits per heavy atom. The molecule has 0 aromatic heterocycles. The highest BCUT2D eigenvalue weighted by atomic mass is 16.4. The van der Waals surface area contributed by atoms with E-state index in [1.54, 1.807) is 0 Å². The molecule has 0 spiro atoms. The number of fused-ring (bicyclic) bond motifs is 1. The Morgan fingerprint density at radius 1 is 1.25 bits per heavy atom. The Kier molecular flexibility index (Phi) is 3.14. The monoisotopic (exact) mass is 226 g/mol. The summed E-state index contributed by atoms with van der Waals surface area (Å²) in [6.07, 6.45) is 3.48. The van der Waals surface area contributed by atoms with Gasteiger partial charge < -0.3 is 10.0 Å². The molecule has 2 aliphatic heterocycles. The number of nitrogens with zero attached hydrogens (tertiary/aromatic N) is 2. The third-order valence-corrected chi connectivity index (χ3v) is 3.63. The summed E-state index contributed by atoms with van der Waals surface area (Å²) in [6, 6.07) is 0.381. The molecule has 90 valence electrons. The molecule has 2 saturated heterocycles. The van der Waals surface area contributed by atoms with Crippen molar-refractivity contribution in [3.63, 3.8) is 0 Å². The molecule has 2 heterocycles. The molecule has 2 unspecified atom stereocenters. The van der Waals surface area contributed by atoms with E-state index in [0.29, 0.717) is 12.6 Å². The molecule has 1 amide bonds. The van der Waals surface area contributed by atoms with E-state index < -0.39 is 11.9 Å². The van der Waals surface area contributed by atoms with Crippen molar-refractivity contribution in [1.82, 2.24) is 9.80 Å². The number of carboxylic acids is 1. The summed E-state index contributed by atoms with van der Waals surface area (Å²) in [5, 5.41) is 8.74. The number of aliphatic carboxylic acids is 1. The zero-order valence-corrected chi connectivity index (χ0v) is 9.56. The molecule has 0 aromatic carbocycles. The van der Waals surface area contributed by atoms with E-state index >= 15 is 0 Å². The normalized spacial score (nSPS) is 30.9. The average molecular weight is 226 g/mol. The van der Waals surface area contributed by atoms with Crippen molar-refractivity contribution in [1.29, 1.82) is 0 Å². The summed E-state index contributed by atoms with van der Waals surface area (Å²) in [5.41, 5.74) is 0. The van der Waals surface area contributed by atoms with Gasteiger partial charge in [-0.05, 0) is 26.3 Å². The molecule has 1 N–H and O–H groups in total. The Hall–Kier alpha value is -1.10. The van der Waals surface area contributed by atoms with Gasteiger partial charge >= 0.3 is 11.9 Å². The Balaban J connectivity index is 2.05. The zero-order chi connectivity index (χ0) is 11.7. The lowest BCUT2D eigenvalue weighted by molar-refractivity contribution is -0.159. The zero-order valence-electron chi connectivity index (χ0n) is 9.56. The number of piperazine rings is 1. The summed E-state index contributed by atoms with van der Waals surface area (Å²) >= 11 is 0. The highest BCUT2D eigenvalue weighted by Gasteiger charge is 2.37. The van der Waals surface area contributed by atoms with Crippen LogP contribution in [0.3, 0.4) is 0 Å². The molecule has 2 aliphatic rings. The fourth-order valence-corrected chi connectivity index (χ4v) is 2.76. The summed E-state index contributed by atoms with van der Waals surface area (Å²) in [6.45, 7) is 4.39. The first-order chi connectivity index (χ1) is 7.59. The maximum atomic E-state index is 11.5. The molecule has 0 radical (unpaired) electrons. The molecule has 5 heteroatoms. The molecule has 0 aliphatic carbocycles. The van der Waals surface area contributed by atoms with Gasteiger partial charge in [0.05, 0.1) is 0 Å². The van der Waals surface area contributed by atoms with Gasteiger partial charge in [0, 0.05) is 25.2 Å². The van der Waals surface area contributed by atoms with Crippen LogP contribution >= 0.6 is 0 Å². The minimum Gasteiger partial charge on any atom is -0.474 e. The summed E-state index contributed by atoms with van der Waals surface area (Å²) < 4.78 is 0. The van der Waals surface area contributed by atoms with Crippen LogP contribution in [0, 0.1) is 0 Å². The first kappa shape index (κ1) is 11.4. The number of piperidine rings is 1. The Labute approximate surface area is 95.0 Å². The van der Waals surface area contributed by atoms with Crippen molar-refractivity contribution in [2.45, 2.75) is 38.3 Å². The molecule has 0 saturated carbocycles. The fraction of sp³-hybridized carbons (Fsp3) is 0.818. The van der Waals surface area contributed by atoms with Crippen LogP contribution in [0.1, 0.15) is 26.2 Å². The highest BCUT2D eigenvalue weighted by Crippen LogP contribution is 2.23. The van der Waals surface area contributed by atoms with Gasteiger partial charge in [-0.2, -0.15) is 0 Å². The number of rotatable bonds is 0. The molecule has 2 rings (SSSR count). The van der Waals surface area contributed by atoms with Crippen LogP contribution in [0.15, 0.2) is 0 Å². The van der Waals surface area contributed by atoms with Gasteiger partial charge in [0.2, 0.25) is 0 Å². The van der Waals surface area contributed by atoms with E-state index in [1.807, 2.05) is 6.92 Å². The van der Waals surface area contributed by atoms with E-state index in [0.717, 1.165) is 19.5 Å². The standard InChI is InChI=1S/C11H18N2O3/c1-8-6-12-5-3-2-4-9(12)7-13(8)10(14)11(15)16/h8-9H,2-7H2,1H3,(H,15,16). The molecular weight excluding hydrogens is 208 g/mol. The number of hydrogen-bond donors (Lipinski definition) is 1. The maximum Gasteiger partial charge on any atom is 0.394 e. The largest absolute Gasteiger partial charge is 0.474 e. The van der Waals surface area contributed by atoms with E-state index in [2.05, 4.69) is 4.90 Å². The van der Waals surface area contributed by atoms with Gasteiger partial charge in [-0.1, -0.05) is 6.42 Å². The quantitative estimate of drug-likeness (QED) is 0.598. The topological polar surface area (TPSA) is 60.9 Å². The fourth-order valence-electron chi connectivity index (χ4n) is 2.76. The number of hydrogen-bond acceptors (Lipinski definition) is 3. The first-order valence-electron chi connectivity index (χ1n) is 5.87. The second-order valence-electron chi connectivity index (χ2n) is 4.76. The Morgan fingerprint density at radius 3 is 2.69 bits per heavy atom. The minimum absolute atomic E-state index is 0.0120. The van der Waals surface area contributed by atoms with Crippen molar-refractivity contribution in [2.75, 3.05) is 19.6 Å². The minimum atomic E-state index is -1.34. The van der Waals surface area contributed by atoms with Crippen LogP contribution in [0.2, 0.25) is 0 Å². The SMILES string of the molecule is CC1CN2CCCCC2CN1C(=O)C(=O)O. The van der Waals surface area contributed by atoms with Crippen LogP contribution in [0.25, 0.3) is 0 Å². The smallest absolute Gasteiger partial charge is 0.394 e. The molecule has 2 atom stereocenters. The van der Waals surface area contributed by atoms with Crippen molar-refractivity contribution in [3.8, 4) is 0 Å². The van der Waals surface area contributed by atoms with Gasteiger partial charge in [-0.15, -0.1) is 0 Å². The third-order valence-electron chi connectivity index (χ3n) is 3.63. The number of amides is 1. The van der Waals surface area contributed by atoms with Crippen molar-refractivity contribution in [3.05, 3.63) is 0 Å². The van der Waals surface area contributed by atoms with E-state index in [4.69, 9.17) is 5.11 Å². The number of carbonyl (C=O) groups excluding carboxylic acids is 1. The highest BCUT2D eigenvalue weighted by molar-refractivity contribution is 6.31. The molecule has 0 aromatic rings. The predicted octanol–water partition coefficient (Wildman–Crippen LogP) is 0.156. The first-order valence-corrected chi connectivity index (χ1v) is 5.87.